The number of carbonyl (C=O) groups excluding carboxylic acids is 2. The number of carbonyl (C=O) groups is 2. The Bertz CT molecular complexity index is 1280. The molecule has 1 saturated heterocycles. The first-order chi connectivity index (χ1) is 18.1. The molecule has 2 aliphatic rings. The summed E-state index contributed by atoms with van der Waals surface area (Å²) < 4.78 is 5.34. The molecule has 6 nitrogen and oxygen atoms in total. The summed E-state index contributed by atoms with van der Waals surface area (Å²) in [5.41, 5.74) is 3.37. The van der Waals surface area contributed by atoms with Crippen LogP contribution in [0.1, 0.15) is 46.3 Å². The summed E-state index contributed by atoms with van der Waals surface area (Å²) in [5.74, 6) is 1.46. The molecule has 37 heavy (non-hydrogen) atoms. The molecule has 3 aromatic rings. The van der Waals surface area contributed by atoms with E-state index in [0.29, 0.717) is 50.9 Å². The summed E-state index contributed by atoms with van der Waals surface area (Å²) in [7, 11) is 1.63. The van der Waals surface area contributed by atoms with E-state index in [9.17, 15) is 9.59 Å². The van der Waals surface area contributed by atoms with E-state index < -0.39 is 5.41 Å². The number of benzene rings is 3. The van der Waals surface area contributed by atoms with Crippen LogP contribution in [0.3, 0.4) is 0 Å². The fourth-order valence-corrected chi connectivity index (χ4v) is 5.45. The fourth-order valence-electron chi connectivity index (χ4n) is 5.45. The number of nitrogens with one attached hydrogen (secondary N) is 1. The maximum atomic E-state index is 13.7. The number of rotatable bonds is 6. The zero-order valence-electron chi connectivity index (χ0n) is 21.3. The van der Waals surface area contributed by atoms with Gasteiger partial charge in [0.05, 0.1) is 12.5 Å². The predicted molar refractivity (Wildman–Crippen MR) is 145 cm³/mol. The molecule has 2 amide bonds. The second-order valence-electron chi connectivity index (χ2n) is 9.95. The molecule has 0 saturated carbocycles. The Morgan fingerprint density at radius 3 is 2.30 bits per heavy atom. The molecule has 190 valence electrons. The van der Waals surface area contributed by atoms with E-state index in [4.69, 9.17) is 4.74 Å². The van der Waals surface area contributed by atoms with Crippen LogP contribution >= 0.6 is 0 Å². The molecule has 1 fully saturated rings. The Morgan fingerprint density at radius 2 is 1.62 bits per heavy atom. The number of fused-ring (bicyclic) bond motifs is 1. The third kappa shape index (κ3) is 5.58. The first kappa shape index (κ1) is 24.8. The Morgan fingerprint density at radius 1 is 0.946 bits per heavy atom. The van der Waals surface area contributed by atoms with E-state index in [1.54, 1.807) is 13.2 Å². The Kier molecular flexibility index (Phi) is 7.35. The highest BCUT2D eigenvalue weighted by Crippen LogP contribution is 2.36. The molecule has 3 aromatic carbocycles. The van der Waals surface area contributed by atoms with Crippen molar-refractivity contribution in [1.29, 1.82) is 0 Å². The van der Waals surface area contributed by atoms with Crippen LogP contribution in [-0.4, -0.2) is 42.7 Å². The van der Waals surface area contributed by atoms with Crippen LogP contribution in [0.5, 0.6) is 5.75 Å². The SMILES string of the molecule is COc1ccc2c(c1)CCC(N1CCC(Cc3ccccc3)(C(=O)NCc3ccccc3)CC1)=NC2=O. The molecule has 5 rings (SSSR count). The minimum Gasteiger partial charge on any atom is -0.497 e. The Balaban J connectivity index is 1.31. The van der Waals surface area contributed by atoms with Crippen molar-refractivity contribution < 1.29 is 14.3 Å². The number of amides is 2. The summed E-state index contributed by atoms with van der Waals surface area (Å²) in [6, 6.07) is 25.8. The van der Waals surface area contributed by atoms with E-state index in [1.165, 1.54) is 0 Å². The second kappa shape index (κ2) is 11.0. The average Bonchev–Trinajstić information content (AvgIpc) is 3.11. The quantitative estimate of drug-likeness (QED) is 0.532. The number of hydrogen-bond acceptors (Lipinski definition) is 4. The van der Waals surface area contributed by atoms with Gasteiger partial charge >= 0.3 is 0 Å². The number of nitrogens with zero attached hydrogens (tertiary/aromatic N) is 2. The van der Waals surface area contributed by atoms with Gasteiger partial charge in [-0.3, -0.25) is 9.59 Å². The van der Waals surface area contributed by atoms with Gasteiger partial charge in [0.25, 0.3) is 5.91 Å². The first-order valence-corrected chi connectivity index (χ1v) is 13.0. The maximum absolute atomic E-state index is 13.7. The number of piperidine rings is 1. The van der Waals surface area contributed by atoms with Crippen LogP contribution in [-0.2, 0) is 24.2 Å². The van der Waals surface area contributed by atoms with Gasteiger partial charge in [-0.15, -0.1) is 0 Å². The van der Waals surface area contributed by atoms with Gasteiger partial charge in [-0.25, -0.2) is 0 Å². The smallest absolute Gasteiger partial charge is 0.278 e. The monoisotopic (exact) mass is 495 g/mol. The van der Waals surface area contributed by atoms with Gasteiger partial charge in [0, 0.05) is 31.6 Å². The number of aryl methyl sites for hydroxylation is 1. The zero-order valence-corrected chi connectivity index (χ0v) is 21.3. The molecular formula is C31H33N3O3. The van der Waals surface area contributed by atoms with Gasteiger partial charge in [-0.05, 0) is 60.6 Å². The van der Waals surface area contributed by atoms with Crippen LogP contribution in [0.15, 0.2) is 83.9 Å². The topological polar surface area (TPSA) is 71.0 Å². The molecule has 2 aliphatic heterocycles. The Hall–Kier alpha value is -3.93. The predicted octanol–water partition coefficient (Wildman–Crippen LogP) is 4.82. The lowest BCUT2D eigenvalue weighted by atomic mass is 9.72. The minimum atomic E-state index is -0.502. The molecule has 2 heterocycles. The molecular weight excluding hydrogens is 462 g/mol. The molecule has 0 bridgehead atoms. The van der Waals surface area contributed by atoms with Gasteiger partial charge < -0.3 is 15.0 Å². The molecule has 0 aliphatic carbocycles. The molecule has 0 aromatic heterocycles. The van der Waals surface area contributed by atoms with E-state index in [1.807, 2.05) is 60.7 Å². The summed E-state index contributed by atoms with van der Waals surface area (Å²) in [6.45, 7) is 1.90. The standard InChI is InChI=1S/C31H33N3O3/c1-37-26-13-14-27-25(20-26)12-15-28(33-29(27)35)34-18-16-31(17-19-34,21-23-8-4-2-5-9-23)30(36)32-22-24-10-6-3-7-11-24/h2-11,13-14,20H,12,15-19,21-22H2,1H3,(H,32,36). The van der Waals surface area contributed by atoms with Crippen molar-refractivity contribution in [3.8, 4) is 5.75 Å². The van der Waals surface area contributed by atoms with Gasteiger partial charge in [-0.2, -0.15) is 4.99 Å². The maximum Gasteiger partial charge on any atom is 0.278 e. The second-order valence-corrected chi connectivity index (χ2v) is 9.95. The van der Waals surface area contributed by atoms with Crippen molar-refractivity contribution in [2.75, 3.05) is 20.2 Å². The molecule has 0 atom stereocenters. The highest BCUT2D eigenvalue weighted by Gasteiger charge is 2.42. The van der Waals surface area contributed by atoms with E-state index >= 15 is 0 Å². The van der Waals surface area contributed by atoms with Crippen molar-refractivity contribution >= 4 is 17.6 Å². The van der Waals surface area contributed by atoms with Crippen LogP contribution in [0.2, 0.25) is 0 Å². The van der Waals surface area contributed by atoms with Crippen LogP contribution in [0, 0.1) is 5.41 Å². The Labute approximate surface area is 218 Å². The van der Waals surface area contributed by atoms with Gasteiger partial charge in [0.1, 0.15) is 11.6 Å². The highest BCUT2D eigenvalue weighted by atomic mass is 16.5. The third-order valence-corrected chi connectivity index (χ3v) is 7.64. The van der Waals surface area contributed by atoms with Gasteiger partial charge in [-0.1, -0.05) is 60.7 Å². The largest absolute Gasteiger partial charge is 0.497 e. The lowest BCUT2D eigenvalue weighted by Crippen LogP contribution is -2.51. The molecule has 0 unspecified atom stereocenters. The molecule has 0 radical (unpaired) electrons. The summed E-state index contributed by atoms with van der Waals surface area (Å²) in [5, 5.41) is 3.21. The first-order valence-electron chi connectivity index (χ1n) is 13.0. The van der Waals surface area contributed by atoms with Crippen LogP contribution in [0.25, 0.3) is 0 Å². The van der Waals surface area contributed by atoms with Crippen molar-refractivity contribution in [2.24, 2.45) is 10.4 Å². The summed E-state index contributed by atoms with van der Waals surface area (Å²) in [4.78, 5) is 33.3. The van der Waals surface area contributed by atoms with E-state index in [2.05, 4.69) is 27.3 Å². The van der Waals surface area contributed by atoms with Crippen molar-refractivity contribution in [2.45, 2.75) is 38.6 Å². The van der Waals surface area contributed by atoms with Crippen LogP contribution < -0.4 is 10.1 Å². The van der Waals surface area contributed by atoms with Crippen molar-refractivity contribution in [1.82, 2.24) is 10.2 Å². The number of methoxy groups -OCH3 is 1. The lowest BCUT2D eigenvalue weighted by Gasteiger charge is -2.42. The molecule has 6 heteroatoms. The zero-order chi connectivity index (χ0) is 25.7. The fraction of sp³-hybridized carbons (Fsp3) is 0.323. The molecule has 0 spiro atoms. The number of amidine groups is 1. The number of ether oxygens (including phenoxy) is 1. The normalized spacial score (nSPS) is 16.8. The third-order valence-electron chi connectivity index (χ3n) is 7.64. The van der Waals surface area contributed by atoms with Crippen molar-refractivity contribution in [3.05, 3.63) is 101 Å². The molecule has 1 N–H and O–H groups in total. The summed E-state index contributed by atoms with van der Waals surface area (Å²) in [6.07, 6.45) is 3.53. The number of aliphatic imine (C=N–C) groups is 1. The lowest BCUT2D eigenvalue weighted by molar-refractivity contribution is -0.133. The highest BCUT2D eigenvalue weighted by molar-refractivity contribution is 6.05. The van der Waals surface area contributed by atoms with E-state index in [-0.39, 0.29) is 11.8 Å². The van der Waals surface area contributed by atoms with Gasteiger partial charge in [0.2, 0.25) is 5.91 Å². The number of likely N-dealkylation sites (tertiary alicyclic amines) is 1. The van der Waals surface area contributed by atoms with E-state index in [0.717, 1.165) is 34.7 Å². The average molecular weight is 496 g/mol. The minimum absolute atomic E-state index is 0.0956. The van der Waals surface area contributed by atoms with Gasteiger partial charge in [0.15, 0.2) is 0 Å². The van der Waals surface area contributed by atoms with Crippen LogP contribution in [0.4, 0.5) is 0 Å². The summed E-state index contributed by atoms with van der Waals surface area (Å²) >= 11 is 0. The van der Waals surface area contributed by atoms with Crippen molar-refractivity contribution in [3.63, 3.8) is 0 Å². The number of hydrogen-bond donors (Lipinski definition) is 1.